The van der Waals surface area contributed by atoms with Crippen molar-refractivity contribution in [2.75, 3.05) is 0 Å². The lowest BCUT2D eigenvalue weighted by Crippen LogP contribution is -1.92. The zero-order chi connectivity index (χ0) is 9.68. The summed E-state index contributed by atoms with van der Waals surface area (Å²) >= 11 is 0. The Morgan fingerprint density at radius 3 is 1.86 bits per heavy atom. The summed E-state index contributed by atoms with van der Waals surface area (Å²) in [6.45, 7) is 1.85. The number of hydrogen-bond acceptors (Lipinski definition) is 5. The van der Waals surface area contributed by atoms with Crippen molar-refractivity contribution in [2.24, 2.45) is 14.1 Å². The molecule has 0 aliphatic rings. The van der Waals surface area contributed by atoms with Crippen LogP contribution in [0.5, 0.6) is 0 Å². The fourth-order valence-corrected chi connectivity index (χ4v) is 0.527. The highest BCUT2D eigenvalue weighted by Gasteiger charge is 1.87. The van der Waals surface area contributed by atoms with Crippen LogP contribution in [0.4, 0.5) is 0 Å². The van der Waals surface area contributed by atoms with E-state index in [2.05, 4.69) is 25.7 Å². The average molecular weight is 197 g/mol. The van der Waals surface area contributed by atoms with Crippen LogP contribution in [-0.4, -0.2) is 35.0 Å². The van der Waals surface area contributed by atoms with Gasteiger partial charge in [-0.2, -0.15) is 0 Å². The molecule has 2 rings (SSSR count). The van der Waals surface area contributed by atoms with Gasteiger partial charge in [-0.15, -0.1) is 15.3 Å². The zero-order valence-corrected chi connectivity index (χ0v) is 7.79. The van der Waals surface area contributed by atoms with Crippen LogP contribution in [0.25, 0.3) is 0 Å². The first kappa shape index (κ1) is 12.2. The Hall–Kier alpha value is -1.79. The van der Waals surface area contributed by atoms with E-state index in [4.69, 9.17) is 0 Å². The van der Waals surface area contributed by atoms with Crippen molar-refractivity contribution in [1.29, 1.82) is 0 Å². The Morgan fingerprint density at radius 2 is 1.71 bits per heavy atom. The Morgan fingerprint density at radius 1 is 1.14 bits per heavy atom. The van der Waals surface area contributed by atoms with Crippen LogP contribution in [0.15, 0.2) is 12.7 Å². The van der Waals surface area contributed by atoms with Crippen molar-refractivity contribution in [3.05, 3.63) is 18.5 Å². The van der Waals surface area contributed by atoms with Gasteiger partial charge in [0.15, 0.2) is 0 Å². The molecule has 7 nitrogen and oxygen atoms in total. The molecule has 0 radical (unpaired) electrons. The zero-order valence-electron chi connectivity index (χ0n) is 7.79. The van der Waals surface area contributed by atoms with Crippen LogP contribution in [0.1, 0.15) is 13.3 Å². The molecule has 2 aromatic heterocycles. The minimum absolute atomic E-state index is 0. The van der Waals surface area contributed by atoms with Gasteiger partial charge in [0.2, 0.25) is 0 Å². The number of tetrazole rings is 1. The van der Waals surface area contributed by atoms with E-state index >= 15 is 0 Å². The molecule has 0 atom stereocenters. The van der Waals surface area contributed by atoms with Crippen LogP contribution < -0.4 is 0 Å². The van der Waals surface area contributed by atoms with Crippen molar-refractivity contribution in [2.45, 2.75) is 14.4 Å². The van der Waals surface area contributed by atoms with Crippen molar-refractivity contribution < 1.29 is 0 Å². The maximum absolute atomic E-state index is 3.62. The summed E-state index contributed by atoms with van der Waals surface area (Å²) in [5.74, 6) is 0.833. The summed E-state index contributed by atoms with van der Waals surface area (Å²) in [5, 5.41) is 17.6. The molecule has 0 unspecified atom stereocenters. The lowest BCUT2D eigenvalue weighted by atomic mass is 10.7. The number of hydrogen-bond donors (Lipinski definition) is 0. The van der Waals surface area contributed by atoms with E-state index in [1.165, 1.54) is 0 Å². The fourth-order valence-electron chi connectivity index (χ4n) is 0.527. The first-order valence-corrected chi connectivity index (χ1v) is 3.67. The largest absolute Gasteiger partial charge is 0.323 e. The second-order valence-electron chi connectivity index (χ2n) is 2.48. The molecule has 0 fully saturated rings. The first-order chi connectivity index (χ1) is 6.20. The lowest BCUT2D eigenvalue weighted by Gasteiger charge is -1.81. The maximum Gasteiger partial charge on any atom is 0.147 e. The molecule has 0 aliphatic heterocycles. The minimum atomic E-state index is 0. The van der Waals surface area contributed by atoms with E-state index in [1.807, 2.05) is 14.0 Å². The molecule has 7 heteroatoms. The van der Waals surface area contributed by atoms with Gasteiger partial charge < -0.3 is 4.57 Å². The molecular formula is C7H15N7. The van der Waals surface area contributed by atoms with Crippen molar-refractivity contribution in [3.63, 3.8) is 0 Å². The molecule has 0 N–H and O–H groups in total. The molecule has 0 bridgehead atoms. The number of aryl methyl sites for hydroxylation is 3. The summed E-state index contributed by atoms with van der Waals surface area (Å²) in [4.78, 5) is 0. The molecular weight excluding hydrogens is 182 g/mol. The Balaban J connectivity index is 0.000000227. The smallest absolute Gasteiger partial charge is 0.147 e. The van der Waals surface area contributed by atoms with Crippen LogP contribution in [0.2, 0.25) is 0 Å². The van der Waals surface area contributed by atoms with E-state index in [9.17, 15) is 0 Å². The van der Waals surface area contributed by atoms with E-state index in [1.54, 1.807) is 29.0 Å². The second-order valence-corrected chi connectivity index (χ2v) is 2.48. The first-order valence-electron chi connectivity index (χ1n) is 3.67. The lowest BCUT2D eigenvalue weighted by molar-refractivity contribution is 0.695. The molecule has 0 saturated carbocycles. The van der Waals surface area contributed by atoms with Crippen molar-refractivity contribution in [3.8, 4) is 0 Å². The van der Waals surface area contributed by atoms with Crippen LogP contribution in [0.3, 0.4) is 0 Å². The van der Waals surface area contributed by atoms with Gasteiger partial charge >= 0.3 is 0 Å². The normalized spacial score (nSPS) is 8.50. The predicted octanol–water partition coefficient (Wildman–Crippen LogP) is -0.0303. The summed E-state index contributed by atoms with van der Waals surface area (Å²) in [6.07, 6.45) is 3.28. The van der Waals surface area contributed by atoms with E-state index in [0.29, 0.717) is 0 Å². The molecule has 2 heterocycles. The van der Waals surface area contributed by atoms with Crippen LogP contribution >= 0.6 is 0 Å². The van der Waals surface area contributed by atoms with Crippen LogP contribution in [-0.2, 0) is 14.1 Å². The Labute approximate surface area is 82.8 Å². The number of rotatable bonds is 0. The topological polar surface area (TPSA) is 74.3 Å². The van der Waals surface area contributed by atoms with Gasteiger partial charge in [-0.25, -0.2) is 4.68 Å². The van der Waals surface area contributed by atoms with Gasteiger partial charge in [-0.1, -0.05) is 7.43 Å². The molecule has 0 spiro atoms. The third-order valence-corrected chi connectivity index (χ3v) is 1.37. The van der Waals surface area contributed by atoms with Crippen molar-refractivity contribution >= 4 is 0 Å². The van der Waals surface area contributed by atoms with E-state index in [-0.39, 0.29) is 7.43 Å². The summed E-state index contributed by atoms with van der Waals surface area (Å²) in [5.41, 5.74) is 0. The van der Waals surface area contributed by atoms with Gasteiger partial charge in [0.05, 0.1) is 0 Å². The molecule has 2 aromatic rings. The van der Waals surface area contributed by atoms with E-state index < -0.39 is 0 Å². The van der Waals surface area contributed by atoms with Crippen LogP contribution in [0, 0.1) is 6.92 Å². The van der Waals surface area contributed by atoms with Gasteiger partial charge in [0.25, 0.3) is 0 Å². The SMILES string of the molecule is C.Cc1nnnn1C.Cn1cnnc1. The van der Waals surface area contributed by atoms with E-state index in [0.717, 1.165) is 5.82 Å². The Kier molecular flexibility index (Phi) is 5.05. The van der Waals surface area contributed by atoms with Gasteiger partial charge in [-0.3, -0.25) is 0 Å². The number of nitrogens with zero attached hydrogens (tertiary/aromatic N) is 7. The van der Waals surface area contributed by atoms with Gasteiger partial charge in [0, 0.05) is 14.1 Å². The second kappa shape index (κ2) is 5.79. The van der Waals surface area contributed by atoms with Gasteiger partial charge in [0.1, 0.15) is 18.5 Å². The van der Waals surface area contributed by atoms with Gasteiger partial charge in [-0.05, 0) is 17.4 Å². The maximum atomic E-state index is 3.62. The fraction of sp³-hybridized carbons (Fsp3) is 0.571. The van der Waals surface area contributed by atoms with Crippen molar-refractivity contribution in [1.82, 2.24) is 35.0 Å². The average Bonchev–Trinajstić information content (AvgIpc) is 2.67. The summed E-state index contributed by atoms with van der Waals surface area (Å²) in [6, 6.07) is 0. The summed E-state index contributed by atoms with van der Waals surface area (Å²) in [7, 11) is 3.68. The Bertz CT molecular complexity index is 320. The highest BCUT2D eigenvalue weighted by molar-refractivity contribution is 4.69. The third-order valence-electron chi connectivity index (χ3n) is 1.37. The summed E-state index contributed by atoms with van der Waals surface area (Å²) < 4.78 is 3.39. The monoisotopic (exact) mass is 197 g/mol. The highest BCUT2D eigenvalue weighted by atomic mass is 15.5. The highest BCUT2D eigenvalue weighted by Crippen LogP contribution is 1.78. The molecule has 0 aliphatic carbocycles. The molecule has 14 heavy (non-hydrogen) atoms. The predicted molar refractivity (Wildman–Crippen MR) is 51.3 cm³/mol. The number of aromatic nitrogens is 7. The molecule has 0 saturated heterocycles. The minimum Gasteiger partial charge on any atom is -0.323 e. The quantitative estimate of drug-likeness (QED) is 0.593. The molecule has 0 aromatic carbocycles. The third kappa shape index (κ3) is 3.74. The molecule has 0 amide bonds. The standard InChI is InChI=1S/C3H6N4.C3H5N3.CH4/c1-3-4-5-6-7(3)2;1-6-2-4-5-3-6;/h1-2H3;2-3H,1H3;1H4. The molecule has 78 valence electrons.